The largest absolute Gasteiger partial charge is 0.480 e. The highest BCUT2D eigenvalue weighted by atomic mass is 16.5. The van der Waals surface area contributed by atoms with E-state index in [9.17, 15) is 4.79 Å². The Morgan fingerprint density at radius 1 is 1.59 bits per heavy atom. The second-order valence-corrected chi connectivity index (χ2v) is 5.24. The van der Waals surface area contributed by atoms with Crippen LogP contribution in [0.1, 0.15) is 13.8 Å². The van der Waals surface area contributed by atoms with Gasteiger partial charge in [0.05, 0.1) is 19.3 Å². The van der Waals surface area contributed by atoms with Crippen molar-refractivity contribution in [3.8, 4) is 0 Å². The number of carbonyl (C=O) groups is 1. The van der Waals surface area contributed by atoms with Crippen molar-refractivity contribution < 1.29 is 14.6 Å². The first kappa shape index (κ1) is 14.4. The second kappa shape index (κ2) is 6.93. The summed E-state index contributed by atoms with van der Waals surface area (Å²) in [6, 6.07) is 0. The quantitative estimate of drug-likeness (QED) is 0.731. The molecule has 1 unspecified atom stereocenters. The van der Waals surface area contributed by atoms with Gasteiger partial charge < -0.3 is 14.7 Å². The lowest BCUT2D eigenvalue weighted by Gasteiger charge is -2.33. The van der Waals surface area contributed by atoms with Gasteiger partial charge in [0.15, 0.2) is 0 Å². The van der Waals surface area contributed by atoms with Crippen LogP contribution in [0.3, 0.4) is 0 Å². The Bertz CT molecular complexity index is 246. The molecule has 1 heterocycles. The van der Waals surface area contributed by atoms with Crippen molar-refractivity contribution in [2.24, 2.45) is 5.92 Å². The minimum atomic E-state index is -0.769. The van der Waals surface area contributed by atoms with Crippen LogP contribution in [-0.2, 0) is 9.53 Å². The molecule has 0 aromatic heterocycles. The predicted molar refractivity (Wildman–Crippen MR) is 66.2 cm³/mol. The maximum Gasteiger partial charge on any atom is 0.317 e. The summed E-state index contributed by atoms with van der Waals surface area (Å²) in [5.74, 6) is -0.300. The Hall–Kier alpha value is -0.650. The highest BCUT2D eigenvalue weighted by Crippen LogP contribution is 2.07. The molecular formula is C12H24N2O3. The molecule has 5 nitrogen and oxygen atoms in total. The van der Waals surface area contributed by atoms with E-state index in [0.717, 1.165) is 26.2 Å². The van der Waals surface area contributed by atoms with Gasteiger partial charge in [0.25, 0.3) is 0 Å². The van der Waals surface area contributed by atoms with Crippen molar-refractivity contribution in [3.05, 3.63) is 0 Å². The smallest absolute Gasteiger partial charge is 0.317 e. The third-order valence-electron chi connectivity index (χ3n) is 2.79. The van der Waals surface area contributed by atoms with Crippen molar-refractivity contribution in [2.45, 2.75) is 20.0 Å². The third kappa shape index (κ3) is 6.00. The summed E-state index contributed by atoms with van der Waals surface area (Å²) in [6.45, 7) is 8.38. The molecule has 1 rings (SSSR count). The van der Waals surface area contributed by atoms with Gasteiger partial charge in [-0.15, -0.1) is 0 Å². The maximum atomic E-state index is 10.8. The lowest BCUT2D eigenvalue weighted by molar-refractivity contribution is -0.139. The molecule has 0 aliphatic carbocycles. The maximum absolute atomic E-state index is 10.8. The van der Waals surface area contributed by atoms with Crippen LogP contribution in [0.25, 0.3) is 0 Å². The molecule has 1 aliphatic rings. The van der Waals surface area contributed by atoms with E-state index >= 15 is 0 Å². The average Bonchev–Trinajstić information content (AvgIpc) is 2.14. The summed E-state index contributed by atoms with van der Waals surface area (Å²) in [4.78, 5) is 15.0. The van der Waals surface area contributed by atoms with Gasteiger partial charge in [-0.3, -0.25) is 9.69 Å². The van der Waals surface area contributed by atoms with Gasteiger partial charge in [-0.2, -0.15) is 0 Å². The third-order valence-corrected chi connectivity index (χ3v) is 2.79. The monoisotopic (exact) mass is 244 g/mol. The molecule has 100 valence electrons. The molecule has 0 bridgehead atoms. The van der Waals surface area contributed by atoms with Crippen LogP contribution in [-0.4, -0.2) is 73.4 Å². The Morgan fingerprint density at radius 3 is 2.82 bits per heavy atom. The van der Waals surface area contributed by atoms with E-state index in [4.69, 9.17) is 9.84 Å². The van der Waals surface area contributed by atoms with E-state index in [0.29, 0.717) is 12.5 Å². The first-order chi connectivity index (χ1) is 7.97. The van der Waals surface area contributed by atoms with E-state index < -0.39 is 5.97 Å². The highest BCUT2D eigenvalue weighted by Gasteiger charge is 2.22. The van der Waals surface area contributed by atoms with Gasteiger partial charge in [-0.1, -0.05) is 13.8 Å². The number of hydrogen-bond donors (Lipinski definition) is 1. The van der Waals surface area contributed by atoms with Crippen molar-refractivity contribution in [2.75, 3.05) is 46.4 Å². The lowest BCUT2D eigenvalue weighted by atomic mass is 10.2. The van der Waals surface area contributed by atoms with Crippen molar-refractivity contribution in [1.82, 2.24) is 9.80 Å². The number of rotatable bonds is 6. The first-order valence-electron chi connectivity index (χ1n) is 6.21. The van der Waals surface area contributed by atoms with Gasteiger partial charge >= 0.3 is 5.97 Å². The molecule has 0 radical (unpaired) electrons. The van der Waals surface area contributed by atoms with Crippen LogP contribution in [0.5, 0.6) is 0 Å². The molecule has 1 saturated heterocycles. The summed E-state index contributed by atoms with van der Waals surface area (Å²) in [5.41, 5.74) is 0. The zero-order valence-electron chi connectivity index (χ0n) is 11.1. The topological polar surface area (TPSA) is 53.0 Å². The Morgan fingerprint density at radius 2 is 2.29 bits per heavy atom. The number of carboxylic acid groups (broad SMARTS) is 1. The van der Waals surface area contributed by atoms with E-state index in [1.165, 1.54) is 0 Å². The first-order valence-corrected chi connectivity index (χ1v) is 6.21. The summed E-state index contributed by atoms with van der Waals surface area (Å²) >= 11 is 0. The molecular weight excluding hydrogens is 220 g/mol. The van der Waals surface area contributed by atoms with Crippen LogP contribution >= 0.6 is 0 Å². The fraction of sp³-hybridized carbons (Fsp3) is 0.917. The number of ether oxygens (including phenoxy) is 1. The minimum Gasteiger partial charge on any atom is -0.480 e. The van der Waals surface area contributed by atoms with Gasteiger partial charge in [-0.25, -0.2) is 0 Å². The molecule has 0 saturated carbocycles. The molecule has 0 aromatic rings. The van der Waals surface area contributed by atoms with Gasteiger partial charge in [0.1, 0.15) is 0 Å². The summed E-state index contributed by atoms with van der Waals surface area (Å²) < 4.78 is 5.67. The molecule has 0 amide bonds. The van der Waals surface area contributed by atoms with Crippen LogP contribution in [0.15, 0.2) is 0 Å². The fourth-order valence-corrected chi connectivity index (χ4v) is 2.18. The number of likely N-dealkylation sites (N-methyl/N-ethyl adjacent to an activating group) is 1. The van der Waals surface area contributed by atoms with Crippen molar-refractivity contribution in [1.29, 1.82) is 0 Å². The Kier molecular flexibility index (Phi) is 5.88. The average molecular weight is 244 g/mol. The van der Waals surface area contributed by atoms with Crippen molar-refractivity contribution in [3.63, 3.8) is 0 Å². The molecule has 0 spiro atoms. The minimum absolute atomic E-state index is 0.0990. The molecule has 17 heavy (non-hydrogen) atoms. The molecule has 0 aromatic carbocycles. The highest BCUT2D eigenvalue weighted by molar-refractivity contribution is 5.69. The summed E-state index contributed by atoms with van der Waals surface area (Å²) in [6.07, 6.45) is 0.131. The number of morpholine rings is 1. The zero-order valence-corrected chi connectivity index (χ0v) is 11.1. The number of nitrogens with zero attached hydrogens (tertiary/aromatic N) is 2. The molecule has 1 aliphatic heterocycles. The van der Waals surface area contributed by atoms with Crippen LogP contribution < -0.4 is 0 Å². The van der Waals surface area contributed by atoms with Gasteiger partial charge in [-0.05, 0) is 13.0 Å². The van der Waals surface area contributed by atoms with E-state index in [2.05, 4.69) is 25.8 Å². The molecule has 1 N–H and O–H groups in total. The SMILES string of the molecule is CC(C)CN(CC(=O)O)CC1CN(C)CCO1. The summed E-state index contributed by atoms with van der Waals surface area (Å²) in [7, 11) is 2.07. The van der Waals surface area contributed by atoms with Gasteiger partial charge in [0, 0.05) is 26.2 Å². The molecule has 1 fully saturated rings. The van der Waals surface area contributed by atoms with Crippen molar-refractivity contribution >= 4 is 5.97 Å². The zero-order chi connectivity index (χ0) is 12.8. The standard InChI is InChI=1S/C12H24N2O3/c1-10(2)6-14(9-12(15)16)8-11-7-13(3)4-5-17-11/h10-11H,4-9H2,1-3H3,(H,15,16). The Balaban J connectivity index is 2.43. The second-order valence-electron chi connectivity index (χ2n) is 5.24. The van der Waals surface area contributed by atoms with Crippen LogP contribution in [0.4, 0.5) is 0 Å². The van der Waals surface area contributed by atoms with E-state index in [-0.39, 0.29) is 12.6 Å². The van der Waals surface area contributed by atoms with Gasteiger partial charge in [0.2, 0.25) is 0 Å². The molecule has 5 heteroatoms. The van der Waals surface area contributed by atoms with Crippen LogP contribution in [0.2, 0.25) is 0 Å². The predicted octanol–water partition coefficient (Wildman–Crippen LogP) is 0.360. The Labute approximate surface area is 103 Å². The fourth-order valence-electron chi connectivity index (χ4n) is 2.18. The van der Waals surface area contributed by atoms with E-state index in [1.807, 2.05) is 4.90 Å². The molecule has 1 atom stereocenters. The number of aliphatic carboxylic acids is 1. The summed E-state index contributed by atoms with van der Waals surface area (Å²) in [5, 5.41) is 8.89. The normalized spacial score (nSPS) is 22.3. The number of carboxylic acids is 1. The van der Waals surface area contributed by atoms with E-state index in [1.54, 1.807) is 0 Å². The lowest BCUT2D eigenvalue weighted by Crippen LogP contribution is -2.47. The van der Waals surface area contributed by atoms with Crippen LogP contribution in [0, 0.1) is 5.92 Å². The number of hydrogen-bond acceptors (Lipinski definition) is 4.